The van der Waals surface area contributed by atoms with Gasteiger partial charge in [-0.15, -0.1) is 0 Å². The van der Waals surface area contributed by atoms with Gasteiger partial charge in [-0.1, -0.05) is 46.9 Å². The van der Waals surface area contributed by atoms with E-state index < -0.39 is 0 Å². The normalized spacial score (nSPS) is 14.8. The lowest BCUT2D eigenvalue weighted by Crippen LogP contribution is -2.20. The van der Waals surface area contributed by atoms with Gasteiger partial charge >= 0.3 is 0 Å². The van der Waals surface area contributed by atoms with Crippen molar-refractivity contribution in [2.75, 3.05) is 18.0 Å². The average molecular weight is 329 g/mol. The molecule has 0 N–H and O–H groups in total. The van der Waals surface area contributed by atoms with E-state index in [1.54, 1.807) is 12.1 Å². The molecule has 0 saturated carbocycles. The van der Waals surface area contributed by atoms with Crippen molar-refractivity contribution in [1.29, 1.82) is 0 Å². The number of benzene rings is 1. The molecule has 2 heterocycles. The van der Waals surface area contributed by atoms with Crippen LogP contribution in [0.3, 0.4) is 0 Å². The van der Waals surface area contributed by atoms with Gasteiger partial charge in [0.15, 0.2) is 0 Å². The Balaban J connectivity index is 2.04. The summed E-state index contributed by atoms with van der Waals surface area (Å²) in [5.41, 5.74) is 1.44. The van der Waals surface area contributed by atoms with Gasteiger partial charge in [-0.2, -0.15) is 0 Å². The average Bonchev–Trinajstić information content (AvgIpc) is 2.91. The van der Waals surface area contributed by atoms with E-state index in [-0.39, 0.29) is 0 Å². The standard InChI is InChI=1S/C14H12Cl3N3/c15-10-5-3-4-9(8-10)11-12(16)18-14(19-13(11)17)20-6-1-2-7-20/h3-5,8H,1-2,6-7H2. The zero-order valence-corrected chi connectivity index (χ0v) is 12.9. The maximum Gasteiger partial charge on any atom is 0.228 e. The maximum atomic E-state index is 6.29. The molecule has 0 radical (unpaired) electrons. The number of aromatic nitrogens is 2. The number of rotatable bonds is 2. The fourth-order valence-electron chi connectivity index (χ4n) is 2.34. The number of anilines is 1. The molecular weight excluding hydrogens is 317 g/mol. The minimum absolute atomic E-state index is 0.356. The molecule has 104 valence electrons. The molecule has 1 aliphatic rings. The second kappa shape index (κ2) is 5.76. The third kappa shape index (κ3) is 2.71. The smallest absolute Gasteiger partial charge is 0.228 e. The van der Waals surface area contributed by atoms with Gasteiger partial charge in [0.25, 0.3) is 0 Å². The van der Waals surface area contributed by atoms with E-state index in [1.807, 2.05) is 12.1 Å². The summed E-state index contributed by atoms with van der Waals surface area (Å²) in [5, 5.41) is 1.33. The molecule has 2 aromatic rings. The predicted molar refractivity (Wildman–Crippen MR) is 83.9 cm³/mol. The molecular formula is C14H12Cl3N3. The van der Waals surface area contributed by atoms with E-state index >= 15 is 0 Å². The van der Waals surface area contributed by atoms with Gasteiger partial charge in [0.1, 0.15) is 10.3 Å². The van der Waals surface area contributed by atoms with Crippen LogP contribution in [0.4, 0.5) is 5.95 Å². The summed E-state index contributed by atoms with van der Waals surface area (Å²) < 4.78 is 0. The highest BCUT2D eigenvalue weighted by Gasteiger charge is 2.19. The first kappa shape index (κ1) is 13.9. The summed E-state index contributed by atoms with van der Waals surface area (Å²) in [6, 6.07) is 7.33. The van der Waals surface area contributed by atoms with E-state index in [4.69, 9.17) is 34.8 Å². The molecule has 0 unspecified atom stereocenters. The largest absolute Gasteiger partial charge is 0.341 e. The van der Waals surface area contributed by atoms with Crippen LogP contribution in [0.5, 0.6) is 0 Å². The summed E-state index contributed by atoms with van der Waals surface area (Å²) >= 11 is 18.6. The number of hydrogen-bond acceptors (Lipinski definition) is 3. The molecule has 1 fully saturated rings. The van der Waals surface area contributed by atoms with Crippen LogP contribution in [0.25, 0.3) is 11.1 Å². The van der Waals surface area contributed by atoms with E-state index in [9.17, 15) is 0 Å². The molecule has 1 saturated heterocycles. The third-order valence-corrected chi connectivity index (χ3v) is 4.09. The van der Waals surface area contributed by atoms with E-state index in [0.717, 1.165) is 31.5 Å². The highest BCUT2D eigenvalue weighted by atomic mass is 35.5. The Morgan fingerprint density at radius 3 is 2.20 bits per heavy atom. The van der Waals surface area contributed by atoms with Gasteiger partial charge < -0.3 is 4.90 Å². The molecule has 3 rings (SSSR count). The number of halogens is 3. The van der Waals surface area contributed by atoms with Gasteiger partial charge in [-0.3, -0.25) is 0 Å². The topological polar surface area (TPSA) is 29.0 Å². The Hall–Kier alpha value is -1.03. The summed E-state index contributed by atoms with van der Waals surface area (Å²) in [6.45, 7) is 1.90. The Morgan fingerprint density at radius 2 is 1.60 bits per heavy atom. The van der Waals surface area contributed by atoms with Gasteiger partial charge in [0.2, 0.25) is 5.95 Å². The zero-order chi connectivity index (χ0) is 14.1. The minimum atomic E-state index is 0.356. The van der Waals surface area contributed by atoms with E-state index in [2.05, 4.69) is 14.9 Å². The molecule has 0 aliphatic carbocycles. The Bertz CT molecular complexity index is 616. The number of nitrogens with zero attached hydrogens (tertiary/aromatic N) is 3. The van der Waals surface area contributed by atoms with Crippen LogP contribution in [-0.2, 0) is 0 Å². The predicted octanol–water partition coefficient (Wildman–Crippen LogP) is 4.70. The van der Waals surface area contributed by atoms with E-state index in [0.29, 0.717) is 26.8 Å². The number of hydrogen-bond donors (Lipinski definition) is 0. The van der Waals surface area contributed by atoms with Crippen LogP contribution in [0.1, 0.15) is 12.8 Å². The van der Waals surface area contributed by atoms with Crippen molar-refractivity contribution < 1.29 is 0 Å². The lowest BCUT2D eigenvalue weighted by molar-refractivity contribution is 0.899. The first-order valence-electron chi connectivity index (χ1n) is 6.39. The monoisotopic (exact) mass is 327 g/mol. The lowest BCUT2D eigenvalue weighted by atomic mass is 10.1. The molecule has 1 aliphatic heterocycles. The van der Waals surface area contributed by atoms with E-state index in [1.165, 1.54) is 0 Å². The molecule has 0 atom stereocenters. The van der Waals surface area contributed by atoms with Crippen molar-refractivity contribution in [3.8, 4) is 11.1 Å². The quantitative estimate of drug-likeness (QED) is 0.748. The van der Waals surface area contributed by atoms with Crippen molar-refractivity contribution in [1.82, 2.24) is 9.97 Å². The zero-order valence-electron chi connectivity index (χ0n) is 10.6. The SMILES string of the molecule is Clc1cccc(-c2c(Cl)nc(N3CCCC3)nc2Cl)c1. The van der Waals surface area contributed by atoms with Crippen molar-refractivity contribution >= 4 is 40.8 Å². The first-order valence-corrected chi connectivity index (χ1v) is 7.52. The fourth-order valence-corrected chi connectivity index (χ4v) is 3.13. The molecule has 1 aromatic carbocycles. The second-order valence-corrected chi connectivity index (χ2v) is 5.84. The Kier molecular flexibility index (Phi) is 4.01. The second-order valence-electron chi connectivity index (χ2n) is 4.68. The molecule has 20 heavy (non-hydrogen) atoms. The van der Waals surface area contributed by atoms with Crippen LogP contribution in [0.2, 0.25) is 15.3 Å². The maximum absolute atomic E-state index is 6.29. The first-order chi connectivity index (χ1) is 9.65. The summed E-state index contributed by atoms with van der Waals surface area (Å²) in [5.74, 6) is 0.600. The van der Waals surface area contributed by atoms with Gasteiger partial charge in [-0.05, 0) is 30.5 Å². The van der Waals surface area contributed by atoms with Gasteiger partial charge in [0, 0.05) is 18.1 Å². The van der Waals surface area contributed by atoms with Crippen LogP contribution < -0.4 is 4.90 Å². The van der Waals surface area contributed by atoms with Crippen LogP contribution >= 0.6 is 34.8 Å². The molecule has 0 amide bonds. The van der Waals surface area contributed by atoms with Crippen molar-refractivity contribution in [2.45, 2.75) is 12.8 Å². The van der Waals surface area contributed by atoms with Crippen LogP contribution in [0, 0.1) is 0 Å². The highest BCUT2D eigenvalue weighted by molar-refractivity contribution is 6.38. The third-order valence-electron chi connectivity index (χ3n) is 3.31. The Labute approximate surface area is 132 Å². The highest BCUT2D eigenvalue weighted by Crippen LogP contribution is 2.35. The minimum Gasteiger partial charge on any atom is -0.341 e. The lowest BCUT2D eigenvalue weighted by Gasteiger charge is -2.17. The van der Waals surface area contributed by atoms with Crippen molar-refractivity contribution in [3.05, 3.63) is 39.6 Å². The molecule has 0 spiro atoms. The summed E-state index contributed by atoms with van der Waals surface area (Å²) in [7, 11) is 0. The summed E-state index contributed by atoms with van der Waals surface area (Å²) in [6.07, 6.45) is 2.29. The molecule has 0 bridgehead atoms. The van der Waals surface area contributed by atoms with Crippen molar-refractivity contribution in [2.24, 2.45) is 0 Å². The van der Waals surface area contributed by atoms with Crippen LogP contribution in [0.15, 0.2) is 24.3 Å². The van der Waals surface area contributed by atoms with Gasteiger partial charge in [0.05, 0.1) is 5.56 Å². The Morgan fingerprint density at radius 1 is 0.950 bits per heavy atom. The molecule has 3 nitrogen and oxygen atoms in total. The molecule has 6 heteroatoms. The van der Waals surface area contributed by atoms with Crippen LogP contribution in [-0.4, -0.2) is 23.1 Å². The molecule has 1 aromatic heterocycles. The van der Waals surface area contributed by atoms with Crippen molar-refractivity contribution in [3.63, 3.8) is 0 Å². The van der Waals surface area contributed by atoms with Gasteiger partial charge in [-0.25, -0.2) is 9.97 Å². The fraction of sp³-hybridized carbons (Fsp3) is 0.286. The summed E-state index contributed by atoms with van der Waals surface area (Å²) in [4.78, 5) is 10.8.